The van der Waals surface area contributed by atoms with Crippen molar-refractivity contribution in [2.75, 3.05) is 17.1 Å². The highest BCUT2D eigenvalue weighted by Gasteiger charge is 2.18. The predicted octanol–water partition coefficient (Wildman–Crippen LogP) is 3.79. The maximum Gasteiger partial charge on any atom is 0.252 e. The monoisotopic (exact) mass is 486 g/mol. The number of aromatic nitrogens is 2. The van der Waals surface area contributed by atoms with Crippen molar-refractivity contribution in [3.63, 3.8) is 0 Å². The number of sulfonamides is 1. The number of allylic oxidation sites excluding steroid dienone is 2. The van der Waals surface area contributed by atoms with Crippen molar-refractivity contribution in [3.05, 3.63) is 76.1 Å². The average Bonchev–Trinajstić information content (AvgIpc) is 2.78. The van der Waals surface area contributed by atoms with Crippen LogP contribution in [0.15, 0.2) is 66.0 Å². The lowest BCUT2D eigenvalue weighted by Crippen LogP contribution is -2.35. The molecule has 1 aliphatic rings. The number of fused-ring (bicyclic) bond motifs is 1. The minimum atomic E-state index is -3.83. The lowest BCUT2D eigenvalue weighted by Gasteiger charge is -2.17. The van der Waals surface area contributed by atoms with Gasteiger partial charge in [0.2, 0.25) is 0 Å². The number of hydrogen-bond acceptors (Lipinski definition) is 7. The van der Waals surface area contributed by atoms with Crippen LogP contribution in [-0.2, 0) is 10.0 Å². The van der Waals surface area contributed by atoms with E-state index in [1.165, 1.54) is 0 Å². The van der Waals surface area contributed by atoms with Gasteiger partial charge in [0, 0.05) is 21.5 Å². The zero-order valence-electron chi connectivity index (χ0n) is 16.4. The van der Waals surface area contributed by atoms with Gasteiger partial charge in [-0.25, -0.2) is 18.4 Å². The highest BCUT2D eigenvalue weighted by molar-refractivity contribution is 7.92. The first-order valence-corrected chi connectivity index (χ1v) is 11.8. The lowest BCUT2D eigenvalue weighted by molar-refractivity contribution is 0.594. The summed E-state index contributed by atoms with van der Waals surface area (Å²) in [7, 11) is -3.83. The van der Waals surface area contributed by atoms with Crippen molar-refractivity contribution in [2.24, 2.45) is 0 Å². The highest BCUT2D eigenvalue weighted by atomic mass is 35.5. The number of benzene rings is 2. The second-order valence-corrected chi connectivity index (χ2v) is 9.38. The molecular formula is C21H16Cl2N6O2S. The minimum absolute atomic E-state index is 0.135. The van der Waals surface area contributed by atoms with Crippen LogP contribution in [0.2, 0.25) is 10.0 Å². The maximum absolute atomic E-state index is 12.8. The summed E-state index contributed by atoms with van der Waals surface area (Å²) in [6, 6.07) is 14.0. The van der Waals surface area contributed by atoms with Gasteiger partial charge in [-0.1, -0.05) is 35.3 Å². The van der Waals surface area contributed by atoms with Crippen LogP contribution in [-0.4, -0.2) is 30.8 Å². The summed E-state index contributed by atoms with van der Waals surface area (Å²) in [4.78, 5) is 8.95. The normalized spacial score (nSPS) is 13.5. The zero-order valence-corrected chi connectivity index (χ0v) is 18.8. The Morgan fingerprint density at radius 1 is 1.12 bits per heavy atom. The first-order valence-electron chi connectivity index (χ1n) is 9.36. The third-order valence-corrected chi connectivity index (χ3v) is 6.12. The molecule has 0 spiro atoms. The van der Waals surface area contributed by atoms with Crippen LogP contribution in [0, 0.1) is 11.3 Å². The van der Waals surface area contributed by atoms with Crippen LogP contribution in [0.5, 0.6) is 0 Å². The summed E-state index contributed by atoms with van der Waals surface area (Å²) in [5.74, 6) is 0.491. The molecule has 0 radical (unpaired) electrons. The summed E-state index contributed by atoms with van der Waals surface area (Å²) < 4.78 is 28.1. The number of hydrogen-bond donors (Lipinski definition) is 3. The summed E-state index contributed by atoms with van der Waals surface area (Å²) in [6.45, 7) is 0.324. The number of nitriles is 1. The van der Waals surface area contributed by atoms with Gasteiger partial charge >= 0.3 is 0 Å². The first kappa shape index (κ1) is 21.9. The van der Waals surface area contributed by atoms with E-state index >= 15 is 0 Å². The number of halogens is 2. The van der Waals surface area contributed by atoms with Gasteiger partial charge in [-0.05, 0) is 42.5 Å². The lowest BCUT2D eigenvalue weighted by atomic mass is 10.2. The number of anilines is 1. The number of rotatable bonds is 6. The molecule has 0 saturated heterocycles. The van der Waals surface area contributed by atoms with E-state index in [-0.39, 0.29) is 11.6 Å². The summed E-state index contributed by atoms with van der Waals surface area (Å²) in [6.07, 6.45) is 3.23. The van der Waals surface area contributed by atoms with Gasteiger partial charge in [0.15, 0.2) is 11.6 Å². The molecule has 0 saturated carbocycles. The van der Waals surface area contributed by atoms with Crippen molar-refractivity contribution in [1.82, 2.24) is 20.6 Å². The molecule has 0 atom stereocenters. The highest BCUT2D eigenvalue weighted by Crippen LogP contribution is 2.31. The molecule has 32 heavy (non-hydrogen) atoms. The smallest absolute Gasteiger partial charge is 0.252 e. The molecule has 162 valence electrons. The molecular weight excluding hydrogens is 471 g/mol. The van der Waals surface area contributed by atoms with Gasteiger partial charge in [0.05, 0.1) is 29.0 Å². The Morgan fingerprint density at radius 3 is 2.66 bits per heavy atom. The Hall–Kier alpha value is -3.32. The Kier molecular flexibility index (Phi) is 6.19. The molecule has 0 unspecified atom stereocenters. The van der Waals surface area contributed by atoms with Crippen LogP contribution in [0.3, 0.4) is 0 Å². The van der Waals surface area contributed by atoms with Gasteiger partial charge in [0.1, 0.15) is 5.88 Å². The van der Waals surface area contributed by atoms with E-state index in [2.05, 4.69) is 25.3 Å². The molecule has 0 bridgehead atoms. The van der Waals surface area contributed by atoms with E-state index in [0.29, 0.717) is 44.5 Å². The van der Waals surface area contributed by atoms with Crippen LogP contribution < -0.4 is 15.4 Å². The molecule has 8 nitrogen and oxygen atoms in total. The van der Waals surface area contributed by atoms with Crippen LogP contribution in [0.25, 0.3) is 22.3 Å². The van der Waals surface area contributed by atoms with E-state index in [1.54, 1.807) is 54.6 Å². The van der Waals surface area contributed by atoms with E-state index < -0.39 is 15.9 Å². The molecule has 0 amide bonds. The molecule has 2 heterocycles. The molecule has 3 aromatic rings. The van der Waals surface area contributed by atoms with Crippen LogP contribution in [0.1, 0.15) is 0 Å². The third-order valence-electron chi connectivity index (χ3n) is 4.54. The third kappa shape index (κ3) is 4.94. The fraction of sp³-hybridized carbons (Fsp3) is 0.0952. The Bertz CT molecular complexity index is 1410. The molecule has 3 N–H and O–H groups in total. The zero-order chi connectivity index (χ0) is 22.7. The summed E-state index contributed by atoms with van der Waals surface area (Å²) in [5, 5.41) is 16.0. The Labute approximate surface area is 194 Å². The van der Waals surface area contributed by atoms with Crippen molar-refractivity contribution >= 4 is 49.9 Å². The van der Waals surface area contributed by atoms with Gasteiger partial charge in [-0.2, -0.15) is 5.26 Å². The molecule has 1 aliphatic heterocycles. The maximum atomic E-state index is 12.8. The molecule has 11 heteroatoms. The van der Waals surface area contributed by atoms with Crippen LogP contribution >= 0.6 is 23.2 Å². The van der Waals surface area contributed by atoms with Crippen molar-refractivity contribution in [1.29, 1.82) is 5.26 Å². The van der Waals surface area contributed by atoms with Gasteiger partial charge in [-0.15, -0.1) is 0 Å². The molecule has 1 aromatic heterocycles. The fourth-order valence-electron chi connectivity index (χ4n) is 2.99. The van der Waals surface area contributed by atoms with Crippen molar-refractivity contribution in [2.45, 2.75) is 0 Å². The molecule has 4 rings (SSSR count). The average molecular weight is 487 g/mol. The van der Waals surface area contributed by atoms with E-state index in [9.17, 15) is 8.42 Å². The SMILES string of the molecule is N#CC1=CC=C(NCS(=O)(=O)Nc2nc(-c3ccc(Cl)cc3Cl)nc3ccccc23)NC1. The number of nitrogens with zero attached hydrogens (tertiary/aromatic N) is 3. The van der Waals surface area contributed by atoms with Crippen molar-refractivity contribution in [3.8, 4) is 17.5 Å². The summed E-state index contributed by atoms with van der Waals surface area (Å²) >= 11 is 12.3. The number of para-hydroxylation sites is 1. The standard InChI is InChI=1S/C21H16Cl2N6O2S/c22-14-6-7-15(17(23)9-14)20-27-18-4-2-1-3-16(18)21(28-20)29-32(30,31)12-26-19-8-5-13(10-24)11-25-19/h1-9,25-26H,11-12H2,(H,27,28,29). The Morgan fingerprint density at radius 2 is 1.94 bits per heavy atom. The number of nitrogens with one attached hydrogen (secondary N) is 3. The second kappa shape index (κ2) is 9.04. The molecule has 0 aliphatic carbocycles. The second-order valence-electron chi connectivity index (χ2n) is 6.81. The van der Waals surface area contributed by atoms with E-state index in [0.717, 1.165) is 0 Å². The molecule has 2 aromatic carbocycles. The van der Waals surface area contributed by atoms with Crippen LogP contribution in [0.4, 0.5) is 5.82 Å². The van der Waals surface area contributed by atoms with E-state index in [4.69, 9.17) is 28.5 Å². The van der Waals surface area contributed by atoms with E-state index in [1.807, 2.05) is 6.07 Å². The minimum Gasteiger partial charge on any atom is -0.367 e. The number of dihydropyridines is 1. The van der Waals surface area contributed by atoms with Gasteiger partial charge in [-0.3, -0.25) is 4.72 Å². The predicted molar refractivity (Wildman–Crippen MR) is 125 cm³/mol. The first-order chi connectivity index (χ1) is 15.3. The fourth-order valence-corrected chi connectivity index (χ4v) is 4.35. The quantitative estimate of drug-likeness (QED) is 0.484. The van der Waals surface area contributed by atoms with Crippen molar-refractivity contribution < 1.29 is 8.42 Å². The largest absolute Gasteiger partial charge is 0.367 e. The van der Waals surface area contributed by atoms with Gasteiger partial charge in [0.25, 0.3) is 10.0 Å². The topological polar surface area (TPSA) is 120 Å². The Balaban J connectivity index is 1.64. The summed E-state index contributed by atoms with van der Waals surface area (Å²) in [5.41, 5.74) is 1.63. The molecule has 0 fully saturated rings. The van der Waals surface area contributed by atoms with Gasteiger partial charge < -0.3 is 10.6 Å².